The molecule has 24 heavy (non-hydrogen) atoms. The van der Waals surface area contributed by atoms with Gasteiger partial charge >= 0.3 is 0 Å². The molecule has 0 amide bonds. The molecule has 2 aromatic carbocycles. The van der Waals surface area contributed by atoms with Gasteiger partial charge in [0.25, 0.3) is 0 Å². The van der Waals surface area contributed by atoms with E-state index >= 15 is 0 Å². The first-order chi connectivity index (χ1) is 11.5. The average molecular weight is 347 g/mol. The number of benzene rings is 2. The third-order valence-electron chi connectivity index (χ3n) is 4.14. The SMILES string of the molecule is CCc1ccccc1S(=O)(=O)N[C@H]1COc2c(cccc2OC)C1. The summed E-state index contributed by atoms with van der Waals surface area (Å²) < 4.78 is 39.2. The molecule has 0 fully saturated rings. The van der Waals surface area contributed by atoms with Crippen molar-refractivity contribution in [2.75, 3.05) is 13.7 Å². The predicted molar refractivity (Wildman–Crippen MR) is 92.1 cm³/mol. The van der Waals surface area contributed by atoms with Gasteiger partial charge in [-0.05, 0) is 36.1 Å². The molecule has 3 rings (SSSR count). The third kappa shape index (κ3) is 3.25. The van der Waals surface area contributed by atoms with Crippen molar-refractivity contribution in [2.24, 2.45) is 0 Å². The topological polar surface area (TPSA) is 64.6 Å². The van der Waals surface area contributed by atoms with Gasteiger partial charge in [-0.25, -0.2) is 13.1 Å². The zero-order valence-electron chi connectivity index (χ0n) is 13.8. The van der Waals surface area contributed by atoms with Crippen LogP contribution in [-0.2, 0) is 22.9 Å². The van der Waals surface area contributed by atoms with Crippen molar-refractivity contribution < 1.29 is 17.9 Å². The molecule has 0 aromatic heterocycles. The number of hydrogen-bond acceptors (Lipinski definition) is 4. The van der Waals surface area contributed by atoms with Gasteiger partial charge in [-0.15, -0.1) is 0 Å². The second-order valence-electron chi connectivity index (χ2n) is 5.74. The summed E-state index contributed by atoms with van der Waals surface area (Å²) >= 11 is 0. The molecule has 1 atom stereocenters. The van der Waals surface area contributed by atoms with Gasteiger partial charge in [0, 0.05) is 0 Å². The van der Waals surface area contributed by atoms with Crippen LogP contribution in [-0.4, -0.2) is 28.2 Å². The fourth-order valence-corrected chi connectivity index (χ4v) is 4.50. The molecule has 1 aliphatic rings. The molecule has 0 saturated carbocycles. The number of nitrogens with one attached hydrogen (secondary N) is 1. The van der Waals surface area contributed by atoms with Gasteiger partial charge < -0.3 is 9.47 Å². The molecule has 5 nitrogen and oxygen atoms in total. The zero-order chi connectivity index (χ0) is 17.2. The van der Waals surface area contributed by atoms with Gasteiger partial charge in [0.1, 0.15) is 6.61 Å². The minimum absolute atomic E-state index is 0.279. The van der Waals surface area contributed by atoms with Crippen molar-refractivity contribution in [3.8, 4) is 11.5 Å². The number of sulfonamides is 1. The van der Waals surface area contributed by atoms with Crippen LogP contribution < -0.4 is 14.2 Å². The monoisotopic (exact) mass is 347 g/mol. The van der Waals surface area contributed by atoms with Gasteiger partial charge in [0.15, 0.2) is 11.5 Å². The van der Waals surface area contributed by atoms with Crippen LogP contribution >= 0.6 is 0 Å². The standard InChI is InChI=1S/C18H21NO4S/c1-3-13-7-4-5-10-17(13)24(20,21)19-15-11-14-8-6-9-16(22-2)18(14)23-12-15/h4-10,15,19H,3,11-12H2,1-2H3/t15-/m1/s1. The molecule has 2 aromatic rings. The Kier molecular flexibility index (Phi) is 4.78. The van der Waals surface area contributed by atoms with Gasteiger partial charge in [0.2, 0.25) is 10.0 Å². The first-order valence-corrected chi connectivity index (χ1v) is 9.42. The molecule has 0 unspecified atom stereocenters. The van der Waals surface area contributed by atoms with Crippen molar-refractivity contribution >= 4 is 10.0 Å². The molecule has 0 spiro atoms. The fourth-order valence-electron chi connectivity index (χ4n) is 2.97. The van der Waals surface area contributed by atoms with Crippen molar-refractivity contribution in [3.63, 3.8) is 0 Å². The lowest BCUT2D eigenvalue weighted by atomic mass is 10.0. The summed E-state index contributed by atoms with van der Waals surface area (Å²) in [5.41, 5.74) is 1.75. The van der Waals surface area contributed by atoms with Crippen LogP contribution in [0.15, 0.2) is 47.4 Å². The minimum Gasteiger partial charge on any atom is -0.493 e. The van der Waals surface area contributed by atoms with E-state index in [4.69, 9.17) is 9.47 Å². The number of hydrogen-bond donors (Lipinski definition) is 1. The molecular weight excluding hydrogens is 326 g/mol. The summed E-state index contributed by atoms with van der Waals surface area (Å²) in [5, 5.41) is 0. The maximum absolute atomic E-state index is 12.7. The molecular formula is C18H21NO4S. The highest BCUT2D eigenvalue weighted by Gasteiger charge is 2.27. The second-order valence-corrected chi connectivity index (χ2v) is 7.43. The molecule has 0 bridgehead atoms. The first-order valence-electron chi connectivity index (χ1n) is 7.94. The molecule has 1 aliphatic heterocycles. The fraction of sp³-hybridized carbons (Fsp3) is 0.333. The van der Waals surface area contributed by atoms with Crippen LogP contribution in [0.25, 0.3) is 0 Å². The number of ether oxygens (including phenoxy) is 2. The highest BCUT2D eigenvalue weighted by atomic mass is 32.2. The van der Waals surface area contributed by atoms with E-state index in [0.717, 1.165) is 11.1 Å². The maximum Gasteiger partial charge on any atom is 0.241 e. The van der Waals surface area contributed by atoms with Crippen molar-refractivity contribution in [3.05, 3.63) is 53.6 Å². The average Bonchev–Trinajstić information content (AvgIpc) is 2.60. The highest BCUT2D eigenvalue weighted by Crippen LogP contribution is 2.34. The molecule has 1 heterocycles. The van der Waals surface area contributed by atoms with E-state index < -0.39 is 10.0 Å². The largest absolute Gasteiger partial charge is 0.493 e. The van der Waals surface area contributed by atoms with Gasteiger partial charge in [-0.1, -0.05) is 37.3 Å². The number of aryl methyl sites for hydroxylation is 1. The number of rotatable bonds is 5. The Balaban J connectivity index is 1.82. The van der Waals surface area contributed by atoms with Crippen LogP contribution in [0.4, 0.5) is 0 Å². The molecule has 128 valence electrons. The Morgan fingerprint density at radius 1 is 1.21 bits per heavy atom. The van der Waals surface area contributed by atoms with E-state index in [1.807, 2.05) is 37.3 Å². The van der Waals surface area contributed by atoms with Crippen LogP contribution in [0.1, 0.15) is 18.1 Å². The highest BCUT2D eigenvalue weighted by molar-refractivity contribution is 7.89. The quantitative estimate of drug-likeness (QED) is 0.903. The molecule has 1 N–H and O–H groups in total. The van der Waals surface area contributed by atoms with Crippen LogP contribution in [0.5, 0.6) is 11.5 Å². The number of fused-ring (bicyclic) bond motifs is 1. The van der Waals surface area contributed by atoms with E-state index in [1.54, 1.807) is 19.2 Å². The van der Waals surface area contributed by atoms with E-state index in [2.05, 4.69) is 4.72 Å². The van der Waals surface area contributed by atoms with Gasteiger partial charge in [0.05, 0.1) is 18.0 Å². The Bertz CT molecular complexity index is 833. The smallest absolute Gasteiger partial charge is 0.241 e. The normalized spacial score (nSPS) is 17.0. The minimum atomic E-state index is -3.58. The number of methoxy groups -OCH3 is 1. The van der Waals surface area contributed by atoms with Crippen molar-refractivity contribution in [1.82, 2.24) is 4.72 Å². The summed E-state index contributed by atoms with van der Waals surface area (Å²) in [6, 6.07) is 12.4. The van der Waals surface area contributed by atoms with Gasteiger partial charge in [-0.3, -0.25) is 0 Å². The molecule has 6 heteroatoms. The Morgan fingerprint density at radius 2 is 2.00 bits per heavy atom. The lowest BCUT2D eigenvalue weighted by Crippen LogP contribution is -2.42. The predicted octanol–water partition coefficient (Wildman–Crippen LogP) is 2.54. The molecule has 0 saturated heterocycles. The Morgan fingerprint density at radius 3 is 2.75 bits per heavy atom. The van der Waals surface area contributed by atoms with Crippen LogP contribution in [0.2, 0.25) is 0 Å². The number of para-hydroxylation sites is 1. The summed E-state index contributed by atoms with van der Waals surface area (Å²) in [5.74, 6) is 1.37. The lowest BCUT2D eigenvalue weighted by Gasteiger charge is -2.27. The third-order valence-corrected chi connectivity index (χ3v) is 5.76. The molecule has 0 radical (unpaired) electrons. The van der Waals surface area contributed by atoms with E-state index in [9.17, 15) is 8.42 Å². The van der Waals surface area contributed by atoms with E-state index in [0.29, 0.717) is 29.2 Å². The van der Waals surface area contributed by atoms with Crippen LogP contribution in [0.3, 0.4) is 0 Å². The van der Waals surface area contributed by atoms with E-state index in [-0.39, 0.29) is 12.6 Å². The Labute approximate surface area is 142 Å². The first kappa shape index (κ1) is 16.8. The van der Waals surface area contributed by atoms with Crippen molar-refractivity contribution in [2.45, 2.75) is 30.7 Å². The second kappa shape index (κ2) is 6.83. The zero-order valence-corrected chi connectivity index (χ0v) is 14.6. The summed E-state index contributed by atoms with van der Waals surface area (Å²) in [7, 11) is -1.99. The van der Waals surface area contributed by atoms with Gasteiger partial charge in [-0.2, -0.15) is 0 Å². The maximum atomic E-state index is 12.7. The summed E-state index contributed by atoms with van der Waals surface area (Å²) in [6.07, 6.45) is 1.23. The summed E-state index contributed by atoms with van der Waals surface area (Å²) in [6.45, 7) is 2.22. The molecule has 0 aliphatic carbocycles. The van der Waals surface area contributed by atoms with E-state index in [1.165, 1.54) is 0 Å². The Hall–Kier alpha value is -2.05. The van der Waals surface area contributed by atoms with Crippen LogP contribution in [0, 0.1) is 0 Å². The lowest BCUT2D eigenvalue weighted by molar-refractivity contribution is 0.240. The van der Waals surface area contributed by atoms with Crippen molar-refractivity contribution in [1.29, 1.82) is 0 Å². The summed E-state index contributed by atoms with van der Waals surface area (Å²) in [4.78, 5) is 0.337.